The van der Waals surface area contributed by atoms with Gasteiger partial charge in [0, 0.05) is 29.2 Å². The highest BCUT2D eigenvalue weighted by Gasteiger charge is 2.13. The minimum Gasteiger partial charge on any atom is -0.347 e. The second kappa shape index (κ2) is 6.05. The first-order chi connectivity index (χ1) is 9.19. The molecule has 0 aliphatic carbocycles. The summed E-state index contributed by atoms with van der Waals surface area (Å²) >= 11 is 0. The topological polar surface area (TPSA) is 22.0 Å². The maximum absolute atomic E-state index is 11.8. The third-order valence-corrected chi connectivity index (χ3v) is 3.64. The van der Waals surface area contributed by atoms with Gasteiger partial charge in [0.05, 0.1) is 0 Å². The Morgan fingerprint density at radius 2 is 2.00 bits per heavy atom. The second-order valence-electron chi connectivity index (χ2n) is 5.21. The molecule has 0 unspecified atom stereocenters. The van der Waals surface area contributed by atoms with E-state index in [9.17, 15) is 4.79 Å². The van der Waals surface area contributed by atoms with E-state index >= 15 is 0 Å². The van der Waals surface area contributed by atoms with Crippen LogP contribution in [-0.2, 0) is 13.0 Å². The first-order valence-electron chi connectivity index (χ1n) is 7.30. The summed E-state index contributed by atoms with van der Waals surface area (Å²) in [5.74, 6) is 0.163. The molecule has 0 fully saturated rings. The van der Waals surface area contributed by atoms with Gasteiger partial charge in [0.1, 0.15) is 0 Å². The van der Waals surface area contributed by atoms with Crippen LogP contribution in [0.5, 0.6) is 0 Å². The molecule has 2 heteroatoms. The van der Waals surface area contributed by atoms with Crippen LogP contribution in [0.3, 0.4) is 0 Å². The monoisotopic (exact) mass is 257 g/mol. The lowest BCUT2D eigenvalue weighted by molar-refractivity contribution is 0.101. The average Bonchev–Trinajstić information content (AvgIpc) is 2.75. The lowest BCUT2D eigenvalue weighted by Gasteiger charge is -2.05. The van der Waals surface area contributed by atoms with E-state index in [1.165, 1.54) is 29.3 Å². The zero-order valence-electron chi connectivity index (χ0n) is 12.2. The molecule has 1 heterocycles. The summed E-state index contributed by atoms with van der Waals surface area (Å²) in [5, 5.41) is 1.17. The lowest BCUT2D eigenvalue weighted by atomic mass is 10.0. The number of rotatable bonds is 6. The van der Waals surface area contributed by atoms with Gasteiger partial charge in [0.2, 0.25) is 0 Å². The van der Waals surface area contributed by atoms with Crippen LogP contribution in [0.25, 0.3) is 10.9 Å². The lowest BCUT2D eigenvalue weighted by Crippen LogP contribution is -1.97. The molecular formula is C17H23NO. The molecule has 2 nitrogen and oxygen atoms in total. The van der Waals surface area contributed by atoms with Crippen molar-refractivity contribution in [2.75, 3.05) is 0 Å². The number of Topliss-reactive ketones (excluding diaryl/α,β-unsaturated/α-hetero) is 1. The molecular weight excluding hydrogens is 234 g/mol. The fourth-order valence-corrected chi connectivity index (χ4v) is 2.70. The second-order valence-corrected chi connectivity index (χ2v) is 5.21. The number of carbonyl (C=O) groups is 1. The van der Waals surface area contributed by atoms with Gasteiger partial charge in [0.25, 0.3) is 0 Å². The van der Waals surface area contributed by atoms with Crippen molar-refractivity contribution < 1.29 is 4.79 Å². The summed E-state index contributed by atoms with van der Waals surface area (Å²) in [6.07, 6.45) is 6.77. The molecule has 102 valence electrons. The number of ketones is 1. The highest BCUT2D eigenvalue weighted by Crippen LogP contribution is 2.27. The molecule has 0 spiro atoms. The van der Waals surface area contributed by atoms with Crippen molar-refractivity contribution in [2.45, 2.75) is 53.0 Å². The van der Waals surface area contributed by atoms with Gasteiger partial charge in [-0.15, -0.1) is 0 Å². The minimum atomic E-state index is 0.163. The summed E-state index contributed by atoms with van der Waals surface area (Å²) in [4.78, 5) is 11.8. The Morgan fingerprint density at radius 3 is 2.63 bits per heavy atom. The molecule has 0 amide bonds. The molecule has 2 rings (SSSR count). The largest absolute Gasteiger partial charge is 0.347 e. The number of fused-ring (bicyclic) bond motifs is 1. The van der Waals surface area contributed by atoms with Gasteiger partial charge >= 0.3 is 0 Å². The van der Waals surface area contributed by atoms with Crippen molar-refractivity contribution in [3.05, 3.63) is 35.5 Å². The van der Waals surface area contributed by atoms with Crippen molar-refractivity contribution in [2.24, 2.45) is 0 Å². The molecule has 19 heavy (non-hydrogen) atoms. The normalized spacial score (nSPS) is 11.1. The zero-order valence-corrected chi connectivity index (χ0v) is 12.2. The summed E-state index contributed by atoms with van der Waals surface area (Å²) in [5.41, 5.74) is 3.40. The Bertz CT molecular complexity index is 580. The molecule has 0 atom stereocenters. The van der Waals surface area contributed by atoms with E-state index in [1.807, 2.05) is 12.1 Å². The summed E-state index contributed by atoms with van der Waals surface area (Å²) in [6, 6.07) is 6.09. The average molecular weight is 257 g/mol. The predicted octanol–water partition coefficient (Wildman–Crippen LogP) is 4.60. The Labute approximate surface area is 115 Å². The van der Waals surface area contributed by atoms with Gasteiger partial charge < -0.3 is 4.57 Å². The molecule has 0 saturated heterocycles. The van der Waals surface area contributed by atoms with Crippen LogP contribution in [0.15, 0.2) is 24.4 Å². The minimum absolute atomic E-state index is 0.163. The SMILES string of the molecule is CCCCn1cc(CCC)c2c(C(C)=O)cccc21. The summed E-state index contributed by atoms with van der Waals surface area (Å²) < 4.78 is 2.32. The standard InChI is InChI=1S/C17H23NO/c1-4-6-11-18-12-14(8-5-2)17-15(13(3)19)9-7-10-16(17)18/h7,9-10,12H,4-6,8,11H2,1-3H3. The first-order valence-corrected chi connectivity index (χ1v) is 7.30. The van der Waals surface area contributed by atoms with Crippen LogP contribution in [-0.4, -0.2) is 10.4 Å². The van der Waals surface area contributed by atoms with Crippen molar-refractivity contribution in [3.8, 4) is 0 Å². The molecule has 2 aromatic rings. The predicted molar refractivity (Wildman–Crippen MR) is 80.8 cm³/mol. The fourth-order valence-electron chi connectivity index (χ4n) is 2.70. The number of nitrogens with zero attached hydrogens (tertiary/aromatic N) is 1. The van der Waals surface area contributed by atoms with Crippen molar-refractivity contribution in [1.29, 1.82) is 0 Å². The maximum Gasteiger partial charge on any atom is 0.160 e. The smallest absolute Gasteiger partial charge is 0.160 e. The van der Waals surface area contributed by atoms with Crippen molar-refractivity contribution in [1.82, 2.24) is 4.57 Å². The Morgan fingerprint density at radius 1 is 1.21 bits per heavy atom. The van der Waals surface area contributed by atoms with E-state index in [-0.39, 0.29) is 5.78 Å². The molecule has 1 aromatic carbocycles. The Balaban J connectivity index is 2.60. The van der Waals surface area contributed by atoms with Crippen LogP contribution in [0.1, 0.15) is 56.0 Å². The highest BCUT2D eigenvalue weighted by molar-refractivity contribution is 6.07. The van der Waals surface area contributed by atoms with Crippen molar-refractivity contribution >= 4 is 16.7 Å². The zero-order chi connectivity index (χ0) is 13.8. The van der Waals surface area contributed by atoms with E-state index in [1.54, 1.807) is 6.92 Å². The van der Waals surface area contributed by atoms with Gasteiger partial charge in [-0.25, -0.2) is 0 Å². The van der Waals surface area contributed by atoms with Gasteiger partial charge in [-0.05, 0) is 31.4 Å². The number of benzene rings is 1. The maximum atomic E-state index is 11.8. The van der Waals surface area contributed by atoms with Crippen molar-refractivity contribution in [3.63, 3.8) is 0 Å². The molecule has 0 aliphatic rings. The Kier molecular flexibility index (Phi) is 4.41. The molecule has 0 aliphatic heterocycles. The van der Waals surface area contributed by atoms with Gasteiger partial charge in [-0.3, -0.25) is 4.79 Å². The van der Waals surface area contributed by atoms with E-state index < -0.39 is 0 Å². The van der Waals surface area contributed by atoms with Gasteiger partial charge in [-0.1, -0.05) is 38.8 Å². The van der Waals surface area contributed by atoms with E-state index in [0.29, 0.717) is 0 Å². The number of aromatic nitrogens is 1. The van der Waals surface area contributed by atoms with Crippen LogP contribution in [0.2, 0.25) is 0 Å². The fraction of sp³-hybridized carbons (Fsp3) is 0.471. The van der Waals surface area contributed by atoms with Crippen LogP contribution in [0.4, 0.5) is 0 Å². The third kappa shape index (κ3) is 2.73. The highest BCUT2D eigenvalue weighted by atomic mass is 16.1. The number of aryl methyl sites for hydroxylation is 2. The molecule has 0 radical (unpaired) electrons. The number of hydrogen-bond donors (Lipinski definition) is 0. The number of hydrogen-bond acceptors (Lipinski definition) is 1. The quantitative estimate of drug-likeness (QED) is 0.693. The van der Waals surface area contributed by atoms with Crippen LogP contribution in [0, 0.1) is 0 Å². The van der Waals surface area contributed by atoms with E-state index in [2.05, 4.69) is 30.7 Å². The van der Waals surface area contributed by atoms with Gasteiger partial charge in [-0.2, -0.15) is 0 Å². The van der Waals surface area contributed by atoms with E-state index in [0.717, 1.165) is 24.9 Å². The number of carbonyl (C=O) groups excluding carboxylic acids is 1. The molecule has 0 saturated carbocycles. The summed E-state index contributed by atoms with van der Waals surface area (Å²) in [7, 11) is 0. The summed E-state index contributed by atoms with van der Waals surface area (Å²) in [6.45, 7) is 7.09. The van der Waals surface area contributed by atoms with E-state index in [4.69, 9.17) is 0 Å². The molecule has 1 aromatic heterocycles. The third-order valence-electron chi connectivity index (χ3n) is 3.64. The van der Waals surface area contributed by atoms with Gasteiger partial charge in [0.15, 0.2) is 5.78 Å². The number of unbranched alkanes of at least 4 members (excludes halogenated alkanes) is 1. The van der Waals surface area contributed by atoms with Crippen LogP contribution >= 0.6 is 0 Å². The Hall–Kier alpha value is -1.57. The molecule has 0 N–H and O–H groups in total. The van der Waals surface area contributed by atoms with Crippen LogP contribution < -0.4 is 0 Å². The first kappa shape index (κ1) is 13.9. The molecule has 0 bridgehead atoms.